The lowest BCUT2D eigenvalue weighted by molar-refractivity contribution is 0.203. The van der Waals surface area contributed by atoms with Gasteiger partial charge in [-0.1, -0.05) is 0 Å². The highest BCUT2D eigenvalue weighted by Gasteiger charge is 2.21. The number of hydrogen-bond acceptors (Lipinski definition) is 5. The lowest BCUT2D eigenvalue weighted by Crippen LogP contribution is -2.09. The molecule has 0 amide bonds. The van der Waals surface area contributed by atoms with Gasteiger partial charge in [-0.15, -0.1) is 0 Å². The summed E-state index contributed by atoms with van der Waals surface area (Å²) < 4.78 is 40.0. The number of nitrogens with zero attached hydrogens (tertiary/aromatic N) is 3. The molecule has 0 radical (unpaired) electrons. The van der Waals surface area contributed by atoms with Crippen molar-refractivity contribution in [3.8, 4) is 0 Å². The molecule has 1 aromatic carbocycles. The predicted molar refractivity (Wildman–Crippen MR) is 79.0 cm³/mol. The van der Waals surface area contributed by atoms with Crippen molar-refractivity contribution in [1.29, 1.82) is 0 Å². The van der Waals surface area contributed by atoms with E-state index in [-0.39, 0.29) is 5.82 Å². The van der Waals surface area contributed by atoms with Crippen molar-refractivity contribution in [1.82, 2.24) is 20.2 Å². The first-order valence-electron chi connectivity index (χ1n) is 6.88. The smallest absolute Gasteiger partial charge is 0.163 e. The largest absolute Gasteiger partial charge is 0.380 e. The summed E-state index contributed by atoms with van der Waals surface area (Å²) in [6, 6.07) is 4.19. The normalized spacial score (nSPS) is 12.2. The molecule has 0 aliphatic heterocycles. The molecule has 24 heavy (non-hydrogen) atoms. The van der Waals surface area contributed by atoms with Crippen LogP contribution in [0.15, 0.2) is 30.5 Å². The van der Waals surface area contributed by atoms with E-state index in [1.165, 1.54) is 12.3 Å². The van der Waals surface area contributed by atoms with Crippen LogP contribution in [0.2, 0.25) is 0 Å². The fourth-order valence-electron chi connectivity index (χ4n) is 2.08. The second-order valence-corrected chi connectivity index (χ2v) is 5.05. The van der Waals surface area contributed by atoms with Gasteiger partial charge in [-0.3, -0.25) is 5.10 Å². The van der Waals surface area contributed by atoms with E-state index in [9.17, 15) is 18.3 Å². The molecular weight excluding hydrogens is 323 g/mol. The van der Waals surface area contributed by atoms with Gasteiger partial charge in [0.15, 0.2) is 23.3 Å². The summed E-state index contributed by atoms with van der Waals surface area (Å²) in [7, 11) is 0. The number of aliphatic hydroxyl groups excluding tert-OH is 1. The first kappa shape index (κ1) is 15.9. The average molecular weight is 335 g/mol. The van der Waals surface area contributed by atoms with Crippen molar-refractivity contribution in [2.75, 3.05) is 5.32 Å². The number of benzene rings is 1. The zero-order valence-electron chi connectivity index (χ0n) is 12.4. The van der Waals surface area contributed by atoms with E-state index in [0.29, 0.717) is 23.8 Å². The summed E-state index contributed by atoms with van der Waals surface area (Å²) in [4.78, 5) is 7.88. The average Bonchev–Trinajstić information content (AvgIpc) is 2.95. The van der Waals surface area contributed by atoms with Gasteiger partial charge in [0.1, 0.15) is 17.7 Å². The molecule has 0 saturated heterocycles. The summed E-state index contributed by atoms with van der Waals surface area (Å²) in [5.74, 6) is -3.08. The van der Waals surface area contributed by atoms with E-state index in [1.54, 1.807) is 6.07 Å². The molecule has 0 fully saturated rings. The minimum absolute atomic E-state index is 0.169. The number of aromatic nitrogens is 4. The standard InChI is InChI=1S/C15H12F3N5O/c1-7-4-13(23-22-7)20-12-2-3-19-15(21-12)14(24)8-5-10(17)11(18)6-9(8)16/h2-6,14,24H,1H3,(H2,19,20,21,22,23). The van der Waals surface area contributed by atoms with Crippen LogP contribution in [0.1, 0.15) is 23.2 Å². The van der Waals surface area contributed by atoms with Crippen LogP contribution < -0.4 is 5.32 Å². The zero-order valence-corrected chi connectivity index (χ0v) is 12.4. The highest BCUT2D eigenvalue weighted by atomic mass is 19.2. The molecule has 0 spiro atoms. The SMILES string of the molecule is Cc1cc(Nc2ccnc(C(O)c3cc(F)c(F)cc3F)n2)n[nH]1. The molecule has 6 nitrogen and oxygen atoms in total. The maximum Gasteiger partial charge on any atom is 0.163 e. The molecule has 124 valence electrons. The summed E-state index contributed by atoms with van der Waals surface area (Å²) in [5.41, 5.74) is 0.373. The van der Waals surface area contributed by atoms with Crippen LogP contribution in [-0.2, 0) is 0 Å². The number of nitrogens with one attached hydrogen (secondary N) is 2. The number of rotatable bonds is 4. The second kappa shape index (κ2) is 6.28. The van der Waals surface area contributed by atoms with Crippen molar-refractivity contribution in [3.63, 3.8) is 0 Å². The molecule has 0 saturated carbocycles. The molecule has 9 heteroatoms. The maximum absolute atomic E-state index is 13.8. The first-order chi connectivity index (χ1) is 11.4. The number of hydrogen-bond donors (Lipinski definition) is 3. The Morgan fingerprint density at radius 2 is 1.83 bits per heavy atom. The second-order valence-electron chi connectivity index (χ2n) is 5.05. The Morgan fingerprint density at radius 3 is 2.54 bits per heavy atom. The zero-order chi connectivity index (χ0) is 17.3. The van der Waals surface area contributed by atoms with E-state index in [4.69, 9.17) is 0 Å². The van der Waals surface area contributed by atoms with E-state index in [1.807, 2.05) is 6.92 Å². The maximum atomic E-state index is 13.8. The highest BCUT2D eigenvalue weighted by molar-refractivity contribution is 5.51. The Labute approximate surface area is 134 Å². The van der Waals surface area contributed by atoms with Gasteiger partial charge in [0.05, 0.1) is 0 Å². The topological polar surface area (TPSA) is 86.7 Å². The van der Waals surface area contributed by atoms with Crippen LogP contribution in [0, 0.1) is 24.4 Å². The van der Waals surface area contributed by atoms with Crippen LogP contribution in [0.4, 0.5) is 24.8 Å². The number of aliphatic hydroxyl groups is 1. The Bertz CT molecular complexity index is 883. The van der Waals surface area contributed by atoms with Crippen LogP contribution in [0.25, 0.3) is 0 Å². The third-order valence-electron chi connectivity index (χ3n) is 3.22. The number of H-pyrrole nitrogens is 1. The first-order valence-corrected chi connectivity index (χ1v) is 6.88. The van der Waals surface area contributed by atoms with Crippen molar-refractivity contribution < 1.29 is 18.3 Å². The summed E-state index contributed by atoms with van der Waals surface area (Å²) in [6.45, 7) is 1.82. The monoisotopic (exact) mass is 335 g/mol. The molecular formula is C15H12F3N5O. The van der Waals surface area contributed by atoms with E-state index in [2.05, 4.69) is 25.5 Å². The summed E-state index contributed by atoms with van der Waals surface area (Å²) in [6.07, 6.45) is -0.312. The van der Waals surface area contributed by atoms with E-state index in [0.717, 1.165) is 5.69 Å². The number of aromatic amines is 1. The molecule has 3 N–H and O–H groups in total. The lowest BCUT2D eigenvalue weighted by atomic mass is 10.1. The van der Waals surface area contributed by atoms with E-state index < -0.39 is 29.1 Å². The van der Waals surface area contributed by atoms with E-state index >= 15 is 0 Å². The van der Waals surface area contributed by atoms with Crippen molar-refractivity contribution in [2.24, 2.45) is 0 Å². The van der Waals surface area contributed by atoms with Gasteiger partial charge in [-0.05, 0) is 19.1 Å². The number of anilines is 2. The molecule has 0 aliphatic rings. The Morgan fingerprint density at radius 1 is 1.08 bits per heavy atom. The molecule has 0 bridgehead atoms. The van der Waals surface area contributed by atoms with Gasteiger partial charge >= 0.3 is 0 Å². The van der Waals surface area contributed by atoms with Crippen LogP contribution in [0.3, 0.4) is 0 Å². The molecule has 3 rings (SSSR count). The Balaban J connectivity index is 1.89. The molecule has 2 aromatic heterocycles. The van der Waals surface area contributed by atoms with Gasteiger partial charge < -0.3 is 10.4 Å². The quantitative estimate of drug-likeness (QED) is 0.638. The number of aryl methyl sites for hydroxylation is 1. The predicted octanol–water partition coefficient (Wildman–Crippen LogP) is 2.75. The van der Waals surface area contributed by atoms with Gasteiger partial charge in [0.2, 0.25) is 0 Å². The third-order valence-corrected chi connectivity index (χ3v) is 3.22. The Kier molecular flexibility index (Phi) is 4.17. The van der Waals surface area contributed by atoms with Gasteiger partial charge in [0.25, 0.3) is 0 Å². The Hall–Kier alpha value is -2.94. The van der Waals surface area contributed by atoms with Gasteiger partial charge in [-0.2, -0.15) is 5.10 Å². The minimum Gasteiger partial charge on any atom is -0.380 e. The van der Waals surface area contributed by atoms with Crippen LogP contribution >= 0.6 is 0 Å². The van der Waals surface area contributed by atoms with Crippen molar-refractivity contribution in [2.45, 2.75) is 13.0 Å². The summed E-state index contributed by atoms with van der Waals surface area (Å²) >= 11 is 0. The molecule has 2 heterocycles. The fourth-order valence-corrected chi connectivity index (χ4v) is 2.08. The molecule has 1 atom stereocenters. The van der Waals surface area contributed by atoms with Crippen molar-refractivity contribution in [3.05, 3.63) is 65.0 Å². The molecule has 1 unspecified atom stereocenters. The van der Waals surface area contributed by atoms with Gasteiger partial charge in [0, 0.05) is 29.6 Å². The van der Waals surface area contributed by atoms with Gasteiger partial charge in [-0.25, -0.2) is 23.1 Å². The van der Waals surface area contributed by atoms with Crippen molar-refractivity contribution >= 4 is 11.6 Å². The van der Waals surface area contributed by atoms with Crippen LogP contribution in [-0.4, -0.2) is 25.3 Å². The fraction of sp³-hybridized carbons (Fsp3) is 0.133. The number of halogens is 3. The molecule has 3 aromatic rings. The third kappa shape index (κ3) is 3.20. The lowest BCUT2D eigenvalue weighted by Gasteiger charge is -2.12. The highest BCUT2D eigenvalue weighted by Crippen LogP contribution is 2.25. The minimum atomic E-state index is -1.65. The molecule has 0 aliphatic carbocycles. The summed E-state index contributed by atoms with van der Waals surface area (Å²) in [5, 5.41) is 19.8. The van der Waals surface area contributed by atoms with Crippen LogP contribution in [0.5, 0.6) is 0 Å².